The van der Waals surface area contributed by atoms with Gasteiger partial charge in [0.25, 0.3) is 0 Å². The van der Waals surface area contributed by atoms with Crippen LogP contribution in [-0.2, 0) is 9.59 Å². The number of anilines is 1. The van der Waals surface area contributed by atoms with Crippen LogP contribution >= 0.6 is 0 Å². The summed E-state index contributed by atoms with van der Waals surface area (Å²) in [5, 5.41) is 6.33. The molecule has 7 heteroatoms. The Morgan fingerprint density at radius 1 is 1.44 bits per heavy atom. The second kappa shape index (κ2) is 3.80. The largest absolute Gasteiger partial charge is 0.366 e. The summed E-state index contributed by atoms with van der Waals surface area (Å²) in [4.78, 5) is 27.1. The molecule has 2 aromatic heterocycles. The number of nitrogen functional groups attached to an aromatic ring is 1. The number of piperidine rings is 1. The highest BCUT2D eigenvalue weighted by molar-refractivity contribution is 6.01. The van der Waals surface area contributed by atoms with E-state index in [2.05, 4.69) is 15.4 Å². The minimum atomic E-state index is -0.380. The van der Waals surface area contributed by atoms with Crippen LogP contribution in [0.3, 0.4) is 0 Å². The fraction of sp³-hybridized carbons (Fsp3) is 0.273. The molecule has 1 saturated heterocycles. The zero-order valence-electron chi connectivity index (χ0n) is 9.46. The van der Waals surface area contributed by atoms with Crippen LogP contribution in [0.4, 0.5) is 5.95 Å². The van der Waals surface area contributed by atoms with Gasteiger partial charge in [0.15, 0.2) is 5.65 Å². The number of pyridine rings is 1. The van der Waals surface area contributed by atoms with E-state index in [1.54, 1.807) is 12.3 Å². The van der Waals surface area contributed by atoms with Crippen LogP contribution in [0.2, 0.25) is 0 Å². The quantitative estimate of drug-likeness (QED) is 0.679. The average molecular weight is 245 g/mol. The van der Waals surface area contributed by atoms with Crippen molar-refractivity contribution < 1.29 is 9.59 Å². The molecule has 2 aromatic rings. The minimum absolute atomic E-state index is 0.162. The summed E-state index contributed by atoms with van der Waals surface area (Å²) in [6.45, 7) is 0. The lowest BCUT2D eigenvalue weighted by Crippen LogP contribution is -2.39. The summed E-state index contributed by atoms with van der Waals surface area (Å²) in [6, 6.07) is 3.59. The van der Waals surface area contributed by atoms with Crippen LogP contribution in [0.25, 0.3) is 5.65 Å². The number of rotatable bonds is 1. The number of aromatic nitrogens is 3. The third kappa shape index (κ3) is 1.60. The van der Waals surface area contributed by atoms with Crippen molar-refractivity contribution in [2.24, 2.45) is 0 Å². The van der Waals surface area contributed by atoms with Gasteiger partial charge in [-0.3, -0.25) is 14.9 Å². The molecule has 3 rings (SSSR count). The van der Waals surface area contributed by atoms with Gasteiger partial charge in [-0.2, -0.15) is 4.98 Å². The first-order valence-electron chi connectivity index (χ1n) is 5.59. The Kier molecular flexibility index (Phi) is 2.26. The van der Waals surface area contributed by atoms with Gasteiger partial charge in [0.05, 0.1) is 5.92 Å². The van der Waals surface area contributed by atoms with E-state index in [1.165, 1.54) is 4.52 Å². The van der Waals surface area contributed by atoms with Gasteiger partial charge in [-0.05, 0) is 12.5 Å². The molecule has 92 valence electrons. The first kappa shape index (κ1) is 10.7. The smallest absolute Gasteiger partial charge is 0.240 e. The summed E-state index contributed by atoms with van der Waals surface area (Å²) in [7, 11) is 0. The van der Waals surface area contributed by atoms with Crippen LogP contribution in [0.15, 0.2) is 18.3 Å². The fourth-order valence-corrected chi connectivity index (χ4v) is 2.21. The molecule has 0 aliphatic carbocycles. The molecule has 2 amide bonds. The van der Waals surface area contributed by atoms with Gasteiger partial charge in [-0.25, -0.2) is 4.52 Å². The molecule has 18 heavy (non-hydrogen) atoms. The van der Waals surface area contributed by atoms with E-state index in [1.807, 2.05) is 6.07 Å². The van der Waals surface area contributed by atoms with Crippen LogP contribution in [0, 0.1) is 0 Å². The van der Waals surface area contributed by atoms with Crippen molar-refractivity contribution in [3.8, 4) is 0 Å². The highest BCUT2D eigenvalue weighted by atomic mass is 16.2. The molecule has 0 spiro atoms. The van der Waals surface area contributed by atoms with Crippen LogP contribution in [0.1, 0.15) is 24.3 Å². The second-order valence-electron chi connectivity index (χ2n) is 4.21. The number of imide groups is 1. The third-order valence-electron chi connectivity index (χ3n) is 3.02. The Morgan fingerprint density at radius 2 is 2.28 bits per heavy atom. The number of nitrogens with two attached hydrogens (primary N) is 1. The van der Waals surface area contributed by atoms with E-state index < -0.39 is 0 Å². The topological polar surface area (TPSA) is 102 Å². The monoisotopic (exact) mass is 245 g/mol. The summed E-state index contributed by atoms with van der Waals surface area (Å²) < 4.78 is 1.54. The maximum atomic E-state index is 11.8. The zero-order valence-corrected chi connectivity index (χ0v) is 9.46. The van der Waals surface area contributed by atoms with Gasteiger partial charge >= 0.3 is 0 Å². The van der Waals surface area contributed by atoms with Crippen molar-refractivity contribution in [2.75, 3.05) is 5.73 Å². The molecule has 1 atom stereocenters. The molecule has 1 fully saturated rings. The van der Waals surface area contributed by atoms with Gasteiger partial charge in [0.1, 0.15) is 0 Å². The third-order valence-corrected chi connectivity index (χ3v) is 3.02. The number of nitrogens with zero attached hydrogens (tertiary/aromatic N) is 3. The van der Waals surface area contributed by atoms with E-state index in [0.29, 0.717) is 18.5 Å². The average Bonchev–Trinajstić information content (AvgIpc) is 2.69. The minimum Gasteiger partial charge on any atom is -0.366 e. The molecule has 0 radical (unpaired) electrons. The summed E-state index contributed by atoms with van der Waals surface area (Å²) in [5.74, 6) is -0.741. The summed E-state index contributed by atoms with van der Waals surface area (Å²) in [6.07, 6.45) is 2.53. The zero-order chi connectivity index (χ0) is 12.7. The number of carbonyl (C=O) groups excluding carboxylic acids is 2. The van der Waals surface area contributed by atoms with Crippen LogP contribution in [0.5, 0.6) is 0 Å². The maximum Gasteiger partial charge on any atom is 0.240 e. The molecule has 3 heterocycles. The molecular formula is C11H11N5O2. The van der Waals surface area contributed by atoms with Crippen molar-refractivity contribution in [1.29, 1.82) is 0 Å². The fourth-order valence-electron chi connectivity index (χ4n) is 2.21. The number of carbonyl (C=O) groups is 2. The standard InChI is InChI=1S/C11H11N5O2/c12-11-14-9-6(2-1-5-16(9)15-11)7-3-4-8(17)13-10(7)18/h1-2,5,7H,3-4H2,(H2,12,15)(H,13,17,18). The first-order valence-corrected chi connectivity index (χ1v) is 5.59. The molecule has 7 nitrogen and oxygen atoms in total. The van der Waals surface area contributed by atoms with E-state index in [-0.39, 0.29) is 23.7 Å². The lowest BCUT2D eigenvalue weighted by molar-refractivity contribution is -0.134. The second-order valence-corrected chi connectivity index (χ2v) is 4.21. The van der Waals surface area contributed by atoms with Gasteiger partial charge < -0.3 is 5.73 Å². The SMILES string of the molecule is Nc1nc2c(C3CCC(=O)NC3=O)cccn2n1. The Morgan fingerprint density at radius 3 is 3.06 bits per heavy atom. The maximum absolute atomic E-state index is 11.8. The van der Waals surface area contributed by atoms with Crippen molar-refractivity contribution in [3.05, 3.63) is 23.9 Å². The molecule has 0 aromatic carbocycles. The number of fused-ring (bicyclic) bond motifs is 1. The lowest BCUT2D eigenvalue weighted by Gasteiger charge is -2.20. The Labute approximate surface area is 102 Å². The van der Waals surface area contributed by atoms with Gasteiger partial charge in [0.2, 0.25) is 17.8 Å². The van der Waals surface area contributed by atoms with E-state index in [9.17, 15) is 9.59 Å². The predicted octanol–water partition coefficient (Wildman–Crippen LogP) is -0.168. The molecule has 1 aliphatic rings. The normalized spacial score (nSPS) is 20.1. The number of hydrogen-bond donors (Lipinski definition) is 2. The predicted molar refractivity (Wildman–Crippen MR) is 62.5 cm³/mol. The first-order chi connectivity index (χ1) is 8.65. The van der Waals surface area contributed by atoms with Gasteiger partial charge in [0, 0.05) is 18.2 Å². The Bertz CT molecular complexity index is 648. The Balaban J connectivity index is 2.08. The molecule has 1 unspecified atom stereocenters. The Hall–Kier alpha value is -2.44. The molecular weight excluding hydrogens is 234 g/mol. The number of amides is 2. The molecule has 1 aliphatic heterocycles. The van der Waals surface area contributed by atoms with Crippen LogP contribution < -0.4 is 11.1 Å². The van der Waals surface area contributed by atoms with E-state index >= 15 is 0 Å². The van der Waals surface area contributed by atoms with Crippen molar-refractivity contribution in [1.82, 2.24) is 19.9 Å². The highest BCUT2D eigenvalue weighted by Gasteiger charge is 2.29. The van der Waals surface area contributed by atoms with Gasteiger partial charge in [-0.1, -0.05) is 6.07 Å². The van der Waals surface area contributed by atoms with E-state index in [0.717, 1.165) is 5.56 Å². The molecule has 0 bridgehead atoms. The lowest BCUT2D eigenvalue weighted by atomic mass is 9.91. The van der Waals surface area contributed by atoms with Gasteiger partial charge in [-0.15, -0.1) is 5.10 Å². The van der Waals surface area contributed by atoms with E-state index in [4.69, 9.17) is 5.73 Å². The summed E-state index contributed by atoms with van der Waals surface area (Å²) in [5.41, 5.74) is 6.85. The number of nitrogens with one attached hydrogen (secondary N) is 1. The van der Waals surface area contributed by atoms with Crippen LogP contribution in [-0.4, -0.2) is 26.4 Å². The van der Waals surface area contributed by atoms with Crippen molar-refractivity contribution in [3.63, 3.8) is 0 Å². The molecule has 0 saturated carbocycles. The van der Waals surface area contributed by atoms with Crippen molar-refractivity contribution in [2.45, 2.75) is 18.8 Å². The number of hydrogen-bond acceptors (Lipinski definition) is 5. The highest BCUT2D eigenvalue weighted by Crippen LogP contribution is 2.27. The molecule has 3 N–H and O–H groups in total. The summed E-state index contributed by atoms with van der Waals surface area (Å²) >= 11 is 0. The van der Waals surface area contributed by atoms with Crippen molar-refractivity contribution >= 4 is 23.4 Å².